The molecular formula is C20H12BrNO. The molecule has 2 heterocycles. The van der Waals surface area contributed by atoms with Crippen LogP contribution in [0.5, 0.6) is 0 Å². The van der Waals surface area contributed by atoms with Crippen molar-refractivity contribution in [2.24, 2.45) is 0 Å². The Morgan fingerprint density at radius 2 is 1.43 bits per heavy atom. The van der Waals surface area contributed by atoms with Gasteiger partial charge >= 0.3 is 0 Å². The van der Waals surface area contributed by atoms with Crippen LogP contribution in [0.25, 0.3) is 38.7 Å². The van der Waals surface area contributed by atoms with Gasteiger partial charge in [0.05, 0.1) is 11.2 Å². The second-order valence-electron chi connectivity index (χ2n) is 5.58. The van der Waals surface area contributed by atoms with Crippen molar-refractivity contribution in [2.45, 2.75) is 0 Å². The van der Waals surface area contributed by atoms with E-state index in [1.165, 1.54) is 0 Å². The van der Waals surface area contributed by atoms with Crippen molar-refractivity contribution in [1.82, 2.24) is 4.57 Å². The summed E-state index contributed by atoms with van der Waals surface area (Å²) in [5.41, 5.74) is 5.25. The molecule has 5 aromatic rings. The highest BCUT2D eigenvalue weighted by molar-refractivity contribution is 9.10. The van der Waals surface area contributed by atoms with Gasteiger partial charge in [-0.2, -0.15) is 0 Å². The van der Waals surface area contributed by atoms with Gasteiger partial charge in [-0.25, -0.2) is 0 Å². The van der Waals surface area contributed by atoms with Gasteiger partial charge < -0.3 is 8.98 Å². The van der Waals surface area contributed by atoms with Crippen LogP contribution in [0.15, 0.2) is 81.7 Å². The van der Waals surface area contributed by atoms with Gasteiger partial charge in [-0.3, -0.25) is 0 Å². The number of para-hydroxylation sites is 3. The van der Waals surface area contributed by atoms with E-state index in [1.54, 1.807) is 0 Å². The second-order valence-corrected chi connectivity index (χ2v) is 6.43. The first-order valence-electron chi connectivity index (χ1n) is 7.50. The molecule has 2 nitrogen and oxygen atoms in total. The Hall–Kier alpha value is -2.52. The predicted octanol–water partition coefficient (Wildman–Crippen LogP) is 6.29. The van der Waals surface area contributed by atoms with Gasteiger partial charge in [0.25, 0.3) is 0 Å². The average molecular weight is 362 g/mol. The van der Waals surface area contributed by atoms with Gasteiger partial charge in [0.2, 0.25) is 0 Å². The van der Waals surface area contributed by atoms with Gasteiger partial charge in [-0.1, -0.05) is 36.4 Å². The summed E-state index contributed by atoms with van der Waals surface area (Å²) in [6, 6.07) is 24.9. The van der Waals surface area contributed by atoms with Crippen molar-refractivity contribution in [2.75, 3.05) is 0 Å². The smallest absolute Gasteiger partial charge is 0.161 e. The highest BCUT2D eigenvalue weighted by atomic mass is 79.9. The molecule has 0 aliphatic heterocycles. The van der Waals surface area contributed by atoms with Gasteiger partial charge in [0.1, 0.15) is 11.1 Å². The summed E-state index contributed by atoms with van der Waals surface area (Å²) in [6.45, 7) is 0. The number of aromatic nitrogens is 1. The number of nitrogens with zero attached hydrogens (tertiary/aromatic N) is 1. The maximum absolute atomic E-state index is 6.17. The van der Waals surface area contributed by atoms with Crippen LogP contribution in [0.3, 0.4) is 0 Å². The van der Waals surface area contributed by atoms with E-state index in [-0.39, 0.29) is 0 Å². The minimum Gasteiger partial charge on any atom is -0.454 e. The molecule has 2 aromatic heterocycles. The van der Waals surface area contributed by atoms with Crippen LogP contribution in [0.4, 0.5) is 0 Å². The minimum absolute atomic E-state index is 0.920. The summed E-state index contributed by atoms with van der Waals surface area (Å²) < 4.78 is 9.51. The fourth-order valence-corrected chi connectivity index (χ4v) is 3.76. The molecule has 0 bridgehead atoms. The first-order chi connectivity index (χ1) is 11.3. The fraction of sp³-hybridized carbons (Fsp3) is 0. The number of benzene rings is 3. The van der Waals surface area contributed by atoms with Crippen LogP contribution >= 0.6 is 15.9 Å². The molecule has 0 saturated carbocycles. The Kier molecular flexibility index (Phi) is 2.67. The number of hydrogen-bond acceptors (Lipinski definition) is 1. The standard InChI is InChI=1S/C20H12BrNO/c21-15-9-3-5-11-17(15)22-16-10-4-1-7-13(16)20-19(22)14-8-2-6-12-18(14)23-20/h1-12H. The molecule has 0 radical (unpaired) electrons. The number of furan rings is 1. The zero-order valence-corrected chi connectivity index (χ0v) is 13.7. The molecular weight excluding hydrogens is 350 g/mol. The van der Waals surface area contributed by atoms with E-state index in [1.807, 2.05) is 18.2 Å². The number of halogens is 1. The van der Waals surface area contributed by atoms with Crippen molar-refractivity contribution in [3.05, 3.63) is 77.3 Å². The van der Waals surface area contributed by atoms with Crippen LogP contribution in [0, 0.1) is 0 Å². The maximum Gasteiger partial charge on any atom is 0.161 e. The lowest BCUT2D eigenvalue weighted by Gasteiger charge is -2.09. The Bertz CT molecular complexity index is 1180. The first kappa shape index (κ1) is 13.0. The van der Waals surface area contributed by atoms with Crippen LogP contribution in [0.1, 0.15) is 0 Å². The quantitative estimate of drug-likeness (QED) is 0.343. The third-order valence-electron chi connectivity index (χ3n) is 4.28. The molecule has 3 aromatic carbocycles. The van der Waals surface area contributed by atoms with E-state index >= 15 is 0 Å². The third-order valence-corrected chi connectivity index (χ3v) is 4.95. The molecule has 0 aliphatic rings. The van der Waals surface area contributed by atoms with E-state index in [2.05, 4.69) is 75.1 Å². The summed E-state index contributed by atoms with van der Waals surface area (Å²) in [7, 11) is 0. The van der Waals surface area contributed by atoms with E-state index in [0.717, 1.165) is 43.1 Å². The van der Waals surface area contributed by atoms with Gasteiger partial charge in [-0.15, -0.1) is 0 Å². The number of hydrogen-bond donors (Lipinski definition) is 0. The van der Waals surface area contributed by atoms with Crippen LogP contribution < -0.4 is 0 Å². The van der Waals surface area contributed by atoms with Crippen LogP contribution in [-0.2, 0) is 0 Å². The maximum atomic E-state index is 6.17. The van der Waals surface area contributed by atoms with Crippen LogP contribution in [0.2, 0.25) is 0 Å². The second kappa shape index (κ2) is 4.74. The Balaban J connectivity index is 2.09. The first-order valence-corrected chi connectivity index (χ1v) is 8.29. The van der Waals surface area contributed by atoms with Crippen molar-refractivity contribution < 1.29 is 4.42 Å². The summed E-state index contributed by atoms with van der Waals surface area (Å²) in [4.78, 5) is 0. The Morgan fingerprint density at radius 3 is 2.30 bits per heavy atom. The highest BCUT2D eigenvalue weighted by Gasteiger charge is 2.19. The summed E-state index contributed by atoms with van der Waals surface area (Å²) in [5, 5.41) is 2.27. The lowest BCUT2D eigenvalue weighted by molar-refractivity contribution is 0.673. The molecule has 0 N–H and O–H groups in total. The number of fused-ring (bicyclic) bond motifs is 5. The topological polar surface area (TPSA) is 18.1 Å². The highest BCUT2D eigenvalue weighted by Crippen LogP contribution is 2.39. The third kappa shape index (κ3) is 1.74. The van der Waals surface area contributed by atoms with Crippen molar-refractivity contribution >= 4 is 48.9 Å². The molecule has 5 rings (SSSR count). The molecule has 0 saturated heterocycles. The molecule has 23 heavy (non-hydrogen) atoms. The monoisotopic (exact) mass is 361 g/mol. The van der Waals surface area contributed by atoms with E-state index in [4.69, 9.17) is 4.42 Å². The zero-order valence-electron chi connectivity index (χ0n) is 12.2. The summed E-state index contributed by atoms with van der Waals surface area (Å²) in [5.74, 6) is 0. The molecule has 110 valence electrons. The van der Waals surface area contributed by atoms with Gasteiger partial charge in [0.15, 0.2) is 5.58 Å². The average Bonchev–Trinajstić information content (AvgIpc) is 3.11. The summed E-state index contributed by atoms with van der Waals surface area (Å²) >= 11 is 3.69. The minimum atomic E-state index is 0.920. The van der Waals surface area contributed by atoms with E-state index in [9.17, 15) is 0 Å². The Morgan fingerprint density at radius 1 is 0.739 bits per heavy atom. The van der Waals surface area contributed by atoms with Crippen LogP contribution in [-0.4, -0.2) is 4.57 Å². The Labute approximate surface area is 141 Å². The summed E-state index contributed by atoms with van der Waals surface area (Å²) in [6.07, 6.45) is 0. The number of rotatable bonds is 1. The largest absolute Gasteiger partial charge is 0.454 e. The van der Waals surface area contributed by atoms with Gasteiger partial charge in [0, 0.05) is 15.2 Å². The lowest BCUT2D eigenvalue weighted by Crippen LogP contribution is -1.94. The molecule has 0 aliphatic carbocycles. The SMILES string of the molecule is Brc1ccccc1-n1c2ccccc2c2oc3ccccc3c21. The lowest BCUT2D eigenvalue weighted by atomic mass is 10.2. The van der Waals surface area contributed by atoms with Crippen molar-refractivity contribution in [1.29, 1.82) is 0 Å². The van der Waals surface area contributed by atoms with Crippen molar-refractivity contribution in [3.63, 3.8) is 0 Å². The molecule has 0 amide bonds. The van der Waals surface area contributed by atoms with E-state index < -0.39 is 0 Å². The molecule has 0 fully saturated rings. The predicted molar refractivity (Wildman–Crippen MR) is 98.3 cm³/mol. The van der Waals surface area contributed by atoms with Gasteiger partial charge in [-0.05, 0) is 52.3 Å². The van der Waals surface area contributed by atoms with E-state index in [0.29, 0.717) is 0 Å². The molecule has 0 spiro atoms. The zero-order chi connectivity index (χ0) is 15.4. The normalized spacial score (nSPS) is 11.7. The molecule has 3 heteroatoms. The van der Waals surface area contributed by atoms with Crippen molar-refractivity contribution in [3.8, 4) is 5.69 Å². The molecule has 0 atom stereocenters. The molecule has 0 unspecified atom stereocenters. The fourth-order valence-electron chi connectivity index (χ4n) is 3.30.